The van der Waals surface area contributed by atoms with Crippen LogP contribution in [0.15, 0.2) is 4.99 Å². The molecule has 0 spiro atoms. The number of carbonyl (C=O) groups is 1. The van der Waals surface area contributed by atoms with Crippen molar-refractivity contribution in [1.82, 2.24) is 5.32 Å². The van der Waals surface area contributed by atoms with Gasteiger partial charge in [-0.15, -0.1) is 0 Å². The van der Waals surface area contributed by atoms with Crippen LogP contribution < -0.4 is 5.32 Å². The van der Waals surface area contributed by atoms with Crippen LogP contribution in [0.1, 0.15) is 46.5 Å². The Hall–Kier alpha value is -0.900. The number of methoxy groups -OCH3 is 1. The molecule has 0 radical (unpaired) electrons. The molecule has 0 bridgehead atoms. The van der Waals surface area contributed by atoms with E-state index in [0.717, 1.165) is 25.1 Å². The van der Waals surface area contributed by atoms with Crippen LogP contribution in [0.4, 0.5) is 0 Å². The molecule has 1 N–H and O–H groups in total. The molecule has 2 unspecified atom stereocenters. The van der Waals surface area contributed by atoms with E-state index in [2.05, 4.69) is 17.2 Å². The number of hydrogen-bond acceptors (Lipinski definition) is 3. The van der Waals surface area contributed by atoms with Gasteiger partial charge >= 0.3 is 0 Å². The van der Waals surface area contributed by atoms with Gasteiger partial charge in [0, 0.05) is 7.11 Å². The van der Waals surface area contributed by atoms with Gasteiger partial charge in [0.2, 0.25) is 0 Å². The number of amides is 1. The maximum atomic E-state index is 11.8. The summed E-state index contributed by atoms with van der Waals surface area (Å²) in [6, 6.07) is 0. The molecular weight excluding hydrogens is 216 g/mol. The molecule has 1 aliphatic carbocycles. The van der Waals surface area contributed by atoms with Gasteiger partial charge in [-0.1, -0.05) is 13.3 Å². The number of amidine groups is 1. The average molecular weight is 238 g/mol. The summed E-state index contributed by atoms with van der Waals surface area (Å²) in [5, 5.41) is 2.91. The standard InChI is InChI=1S/C13H22N2O2/c1-9-6-5-7-13(8-9,17-4)10-14-11(16)12(2,3)15-10/h9H,5-8H2,1-4H3,(H,14,15,16). The highest BCUT2D eigenvalue weighted by atomic mass is 16.5. The molecule has 4 heteroatoms. The van der Waals surface area contributed by atoms with Gasteiger partial charge in [-0.05, 0) is 39.0 Å². The zero-order valence-electron chi connectivity index (χ0n) is 11.2. The normalized spacial score (nSPS) is 36.6. The third-order valence-electron chi connectivity index (χ3n) is 3.96. The second kappa shape index (κ2) is 4.09. The summed E-state index contributed by atoms with van der Waals surface area (Å²) >= 11 is 0. The summed E-state index contributed by atoms with van der Waals surface area (Å²) in [5.41, 5.74) is -1.03. The fraction of sp³-hybridized carbons (Fsp3) is 0.846. The van der Waals surface area contributed by atoms with E-state index in [1.54, 1.807) is 7.11 Å². The number of ether oxygens (including phenoxy) is 1. The zero-order valence-corrected chi connectivity index (χ0v) is 11.2. The highest BCUT2D eigenvalue weighted by molar-refractivity contribution is 6.11. The molecule has 2 rings (SSSR count). The van der Waals surface area contributed by atoms with Crippen molar-refractivity contribution in [2.75, 3.05) is 7.11 Å². The van der Waals surface area contributed by atoms with Gasteiger partial charge in [0.1, 0.15) is 17.0 Å². The number of nitrogens with zero attached hydrogens (tertiary/aromatic N) is 1. The van der Waals surface area contributed by atoms with Crippen LogP contribution in [0, 0.1) is 5.92 Å². The van der Waals surface area contributed by atoms with Crippen LogP contribution in [0.2, 0.25) is 0 Å². The van der Waals surface area contributed by atoms with E-state index >= 15 is 0 Å². The predicted octanol–water partition coefficient (Wildman–Crippen LogP) is 1.89. The molecule has 17 heavy (non-hydrogen) atoms. The van der Waals surface area contributed by atoms with Crippen molar-refractivity contribution in [3.63, 3.8) is 0 Å². The van der Waals surface area contributed by atoms with Crippen LogP contribution >= 0.6 is 0 Å². The number of rotatable bonds is 2. The fourth-order valence-electron chi connectivity index (χ4n) is 2.83. The molecule has 1 heterocycles. The number of nitrogens with one attached hydrogen (secondary N) is 1. The van der Waals surface area contributed by atoms with Crippen molar-refractivity contribution < 1.29 is 9.53 Å². The highest BCUT2D eigenvalue weighted by Gasteiger charge is 2.46. The van der Waals surface area contributed by atoms with E-state index in [9.17, 15) is 4.79 Å². The van der Waals surface area contributed by atoms with Gasteiger partial charge in [0.05, 0.1) is 0 Å². The molecule has 0 saturated heterocycles. The molecule has 2 aliphatic rings. The lowest BCUT2D eigenvalue weighted by Crippen LogP contribution is -2.50. The minimum Gasteiger partial charge on any atom is -0.370 e. The summed E-state index contributed by atoms with van der Waals surface area (Å²) in [7, 11) is 1.72. The quantitative estimate of drug-likeness (QED) is 0.798. The molecule has 1 fully saturated rings. The van der Waals surface area contributed by atoms with Crippen molar-refractivity contribution in [2.24, 2.45) is 10.9 Å². The smallest absolute Gasteiger partial charge is 0.252 e. The largest absolute Gasteiger partial charge is 0.370 e. The number of hydrogen-bond donors (Lipinski definition) is 1. The molecule has 4 nitrogen and oxygen atoms in total. The Kier molecular flexibility index (Phi) is 3.02. The summed E-state index contributed by atoms with van der Waals surface area (Å²) in [4.78, 5) is 16.3. The van der Waals surface area contributed by atoms with Crippen molar-refractivity contribution >= 4 is 11.7 Å². The number of aliphatic imine (C=N–C) groups is 1. The van der Waals surface area contributed by atoms with E-state index in [0.29, 0.717) is 5.92 Å². The molecule has 0 aromatic rings. The first-order chi connectivity index (χ1) is 7.89. The van der Waals surface area contributed by atoms with E-state index in [-0.39, 0.29) is 11.5 Å². The van der Waals surface area contributed by atoms with Crippen LogP contribution in [0.5, 0.6) is 0 Å². The molecule has 0 aromatic carbocycles. The minimum absolute atomic E-state index is 0.0258. The molecule has 96 valence electrons. The lowest BCUT2D eigenvalue weighted by Gasteiger charge is -2.38. The lowest BCUT2D eigenvalue weighted by atomic mass is 9.78. The summed E-state index contributed by atoms with van der Waals surface area (Å²) in [6.45, 7) is 5.91. The zero-order chi connectivity index (χ0) is 12.7. The van der Waals surface area contributed by atoms with Gasteiger partial charge in [0.15, 0.2) is 0 Å². The van der Waals surface area contributed by atoms with E-state index in [1.807, 2.05) is 13.8 Å². The van der Waals surface area contributed by atoms with Gasteiger partial charge in [-0.25, -0.2) is 0 Å². The molecule has 2 atom stereocenters. The van der Waals surface area contributed by atoms with E-state index in [1.165, 1.54) is 6.42 Å². The second-order valence-corrected chi connectivity index (χ2v) is 5.87. The predicted molar refractivity (Wildman–Crippen MR) is 67.0 cm³/mol. The summed E-state index contributed by atoms with van der Waals surface area (Å²) in [5.74, 6) is 1.33. The van der Waals surface area contributed by atoms with Crippen LogP contribution in [-0.2, 0) is 9.53 Å². The summed E-state index contributed by atoms with van der Waals surface area (Å²) < 4.78 is 5.73. The second-order valence-electron chi connectivity index (χ2n) is 5.87. The first-order valence-corrected chi connectivity index (χ1v) is 6.36. The monoisotopic (exact) mass is 238 g/mol. The third kappa shape index (κ3) is 2.10. The molecular formula is C13H22N2O2. The van der Waals surface area contributed by atoms with Gasteiger partial charge in [-0.2, -0.15) is 0 Å². The van der Waals surface area contributed by atoms with Crippen molar-refractivity contribution in [2.45, 2.75) is 57.6 Å². The average Bonchev–Trinajstić information content (AvgIpc) is 2.54. The highest BCUT2D eigenvalue weighted by Crippen LogP contribution is 2.37. The van der Waals surface area contributed by atoms with E-state index < -0.39 is 5.54 Å². The van der Waals surface area contributed by atoms with Crippen molar-refractivity contribution in [3.8, 4) is 0 Å². The topological polar surface area (TPSA) is 50.7 Å². The lowest BCUT2D eigenvalue weighted by molar-refractivity contribution is -0.122. The SMILES string of the molecule is COC1(C2=NC(C)(C)C(=O)N2)CCCC(C)C1. The maximum absolute atomic E-state index is 11.8. The molecule has 1 saturated carbocycles. The Morgan fingerprint density at radius 3 is 2.65 bits per heavy atom. The first kappa shape index (κ1) is 12.6. The van der Waals surface area contributed by atoms with Crippen molar-refractivity contribution in [1.29, 1.82) is 0 Å². The Bertz CT molecular complexity index is 362. The first-order valence-electron chi connectivity index (χ1n) is 6.36. The third-order valence-corrected chi connectivity index (χ3v) is 3.96. The van der Waals surface area contributed by atoms with Crippen LogP contribution in [0.25, 0.3) is 0 Å². The molecule has 1 aliphatic heterocycles. The van der Waals surface area contributed by atoms with Gasteiger partial charge in [-0.3, -0.25) is 9.79 Å². The minimum atomic E-state index is -0.651. The number of carbonyl (C=O) groups excluding carboxylic acids is 1. The molecule has 0 aromatic heterocycles. The Morgan fingerprint density at radius 2 is 2.18 bits per heavy atom. The van der Waals surface area contributed by atoms with Gasteiger partial charge in [0.25, 0.3) is 5.91 Å². The Balaban J connectivity index is 2.28. The fourth-order valence-corrected chi connectivity index (χ4v) is 2.83. The Labute approximate surface area is 103 Å². The maximum Gasteiger partial charge on any atom is 0.252 e. The van der Waals surface area contributed by atoms with E-state index in [4.69, 9.17) is 4.74 Å². The molecule has 1 amide bonds. The van der Waals surface area contributed by atoms with Crippen LogP contribution in [0.3, 0.4) is 0 Å². The van der Waals surface area contributed by atoms with Gasteiger partial charge < -0.3 is 10.1 Å². The van der Waals surface area contributed by atoms with Crippen molar-refractivity contribution in [3.05, 3.63) is 0 Å². The Morgan fingerprint density at radius 1 is 1.47 bits per heavy atom. The van der Waals surface area contributed by atoms with Crippen LogP contribution in [-0.4, -0.2) is 30.0 Å². The summed E-state index contributed by atoms with van der Waals surface area (Å²) in [6.07, 6.45) is 4.25.